The van der Waals surface area contributed by atoms with Crippen LogP contribution in [0.25, 0.3) is 0 Å². The van der Waals surface area contributed by atoms with Crippen molar-refractivity contribution in [3.05, 3.63) is 58.1 Å². The van der Waals surface area contributed by atoms with Crippen LogP contribution in [0, 0.1) is 0 Å². The number of fused-ring (bicyclic) bond motifs is 2. The van der Waals surface area contributed by atoms with Gasteiger partial charge in [0.05, 0.1) is 11.1 Å². The Labute approximate surface area is 163 Å². The van der Waals surface area contributed by atoms with Crippen LogP contribution in [0.1, 0.15) is 57.4 Å². The highest BCUT2D eigenvalue weighted by Crippen LogP contribution is 2.40. The lowest BCUT2D eigenvalue weighted by atomic mass is 9.82. The Hall–Kier alpha value is -4.08. The van der Waals surface area contributed by atoms with E-state index in [0.717, 1.165) is 0 Å². The predicted octanol–water partition coefficient (Wildman–Crippen LogP) is 3.14. The van der Waals surface area contributed by atoms with Gasteiger partial charge >= 0.3 is 11.9 Å². The second-order valence-electron chi connectivity index (χ2n) is 6.25. The summed E-state index contributed by atoms with van der Waals surface area (Å²) in [7, 11) is 0. The van der Waals surface area contributed by atoms with Gasteiger partial charge in [-0.1, -0.05) is 12.1 Å². The first-order chi connectivity index (χ1) is 13.9. The first-order valence-corrected chi connectivity index (χ1v) is 8.44. The highest BCUT2D eigenvalue weighted by atomic mass is 16.5. The molecule has 2 aromatic rings. The van der Waals surface area contributed by atoms with Crippen LogP contribution < -0.4 is 9.47 Å². The molecule has 1 aliphatic carbocycles. The molecule has 1 aliphatic heterocycles. The molecule has 0 radical (unpaired) electrons. The van der Waals surface area contributed by atoms with Gasteiger partial charge in [-0.15, -0.1) is 10.2 Å². The van der Waals surface area contributed by atoms with Crippen molar-refractivity contribution in [2.45, 2.75) is 20.0 Å². The summed E-state index contributed by atoms with van der Waals surface area (Å²) in [6.07, 6.45) is -0.814. The molecular formula is C19H12N4O6. The molecule has 4 rings (SSSR count). The fraction of sp³-hybridized carbons (Fsp3) is 0.158. The van der Waals surface area contributed by atoms with Crippen molar-refractivity contribution in [1.82, 2.24) is 0 Å². The van der Waals surface area contributed by atoms with E-state index in [2.05, 4.69) is 20.7 Å². The van der Waals surface area contributed by atoms with Gasteiger partial charge in [0.1, 0.15) is 11.5 Å². The van der Waals surface area contributed by atoms with Crippen LogP contribution in [0.2, 0.25) is 0 Å². The van der Waals surface area contributed by atoms with Gasteiger partial charge in [-0.05, 0) is 28.6 Å². The largest absolute Gasteiger partial charge is 0.426 e. The number of ether oxygens (including phenoxy) is 2. The summed E-state index contributed by atoms with van der Waals surface area (Å²) in [4.78, 5) is 49.4. The lowest BCUT2D eigenvalue weighted by Gasteiger charge is -2.22. The summed E-state index contributed by atoms with van der Waals surface area (Å²) < 4.78 is 10.3. The van der Waals surface area contributed by atoms with Gasteiger partial charge in [0.25, 0.3) is 0 Å². The number of hydrogen-bond donors (Lipinski definition) is 0. The fourth-order valence-electron chi connectivity index (χ4n) is 3.20. The molecule has 0 fully saturated rings. The van der Waals surface area contributed by atoms with Crippen LogP contribution >= 0.6 is 0 Å². The molecule has 10 heteroatoms. The molecule has 0 aromatic heterocycles. The zero-order valence-corrected chi connectivity index (χ0v) is 15.2. The quantitative estimate of drug-likeness (QED) is 0.496. The van der Waals surface area contributed by atoms with Crippen molar-refractivity contribution >= 4 is 23.5 Å². The topological polar surface area (TPSA) is 136 Å². The van der Waals surface area contributed by atoms with Crippen LogP contribution in [0.15, 0.2) is 51.0 Å². The van der Waals surface area contributed by atoms with E-state index >= 15 is 0 Å². The third-order valence-corrected chi connectivity index (χ3v) is 4.26. The molecular weight excluding hydrogens is 380 g/mol. The number of esters is 2. The lowest BCUT2D eigenvalue weighted by molar-refractivity contribution is -0.132. The molecule has 29 heavy (non-hydrogen) atoms. The van der Waals surface area contributed by atoms with Crippen molar-refractivity contribution in [2.24, 2.45) is 20.7 Å². The second kappa shape index (κ2) is 6.82. The Kier molecular flexibility index (Phi) is 4.30. The van der Waals surface area contributed by atoms with Gasteiger partial charge in [0, 0.05) is 30.5 Å². The first-order valence-electron chi connectivity index (χ1n) is 8.44. The average Bonchev–Trinajstić information content (AvgIpc) is 3.19. The molecule has 2 aliphatic rings. The van der Waals surface area contributed by atoms with E-state index in [4.69, 9.17) is 9.47 Å². The van der Waals surface area contributed by atoms with Crippen molar-refractivity contribution in [2.75, 3.05) is 0 Å². The molecule has 0 saturated carbocycles. The van der Waals surface area contributed by atoms with E-state index in [-0.39, 0.29) is 33.8 Å². The number of carbonyl (C=O) groups is 4. The summed E-state index contributed by atoms with van der Waals surface area (Å²) in [6.45, 7) is 2.35. The highest BCUT2D eigenvalue weighted by molar-refractivity contribution is 6.30. The summed E-state index contributed by atoms with van der Waals surface area (Å²) in [5.74, 6) is -2.59. The van der Waals surface area contributed by atoms with Gasteiger partial charge in [0.2, 0.25) is 11.9 Å². The third-order valence-electron chi connectivity index (χ3n) is 4.26. The van der Waals surface area contributed by atoms with Crippen molar-refractivity contribution < 1.29 is 28.7 Å². The monoisotopic (exact) mass is 392 g/mol. The van der Waals surface area contributed by atoms with Crippen LogP contribution in [0.4, 0.5) is 0 Å². The standard InChI is InChI=1S/C19H12N4O6/c1-8(24)28-13-5-3-4-11-15(13)18(27)16-12(17(11)26)6-10(19-20-22-23-21-19)7-14(16)29-9(2)25/h3-7,19H,1-2H3. The number of nitrogens with zero attached hydrogens (tertiary/aromatic N) is 4. The fourth-order valence-corrected chi connectivity index (χ4v) is 3.20. The number of carbonyl (C=O) groups excluding carboxylic acids is 4. The van der Waals surface area contributed by atoms with E-state index in [1.165, 1.54) is 44.2 Å². The van der Waals surface area contributed by atoms with Crippen LogP contribution in [0.3, 0.4) is 0 Å². The Morgan fingerprint density at radius 1 is 0.828 bits per heavy atom. The number of hydrogen-bond acceptors (Lipinski definition) is 10. The molecule has 0 atom stereocenters. The van der Waals surface area contributed by atoms with Crippen LogP contribution in [-0.4, -0.2) is 23.5 Å². The van der Waals surface area contributed by atoms with Crippen LogP contribution in [0.5, 0.6) is 11.5 Å². The third kappa shape index (κ3) is 3.10. The minimum atomic E-state index is -0.814. The molecule has 0 N–H and O–H groups in total. The van der Waals surface area contributed by atoms with Gasteiger partial charge < -0.3 is 9.47 Å². The van der Waals surface area contributed by atoms with Gasteiger partial charge in [-0.3, -0.25) is 19.2 Å². The predicted molar refractivity (Wildman–Crippen MR) is 94.8 cm³/mol. The Morgan fingerprint density at radius 2 is 1.45 bits per heavy atom. The van der Waals surface area contributed by atoms with Gasteiger partial charge in [-0.25, -0.2) is 0 Å². The number of rotatable bonds is 3. The Balaban J connectivity index is 1.95. The zero-order valence-electron chi connectivity index (χ0n) is 15.2. The average molecular weight is 392 g/mol. The van der Waals surface area contributed by atoms with E-state index in [0.29, 0.717) is 5.56 Å². The second-order valence-corrected chi connectivity index (χ2v) is 6.25. The van der Waals surface area contributed by atoms with Crippen molar-refractivity contribution in [3.63, 3.8) is 0 Å². The van der Waals surface area contributed by atoms with E-state index in [9.17, 15) is 19.2 Å². The maximum absolute atomic E-state index is 13.3. The van der Waals surface area contributed by atoms with Crippen molar-refractivity contribution in [1.29, 1.82) is 0 Å². The maximum Gasteiger partial charge on any atom is 0.308 e. The molecule has 0 spiro atoms. The van der Waals surface area contributed by atoms with Gasteiger partial charge in [-0.2, -0.15) is 0 Å². The molecule has 0 unspecified atom stereocenters. The molecule has 144 valence electrons. The maximum atomic E-state index is 13.3. The number of ketones is 2. The minimum absolute atomic E-state index is 0.0218. The molecule has 10 nitrogen and oxygen atoms in total. The first kappa shape index (κ1) is 18.3. The van der Waals surface area contributed by atoms with Crippen molar-refractivity contribution in [3.8, 4) is 11.5 Å². The summed E-state index contributed by atoms with van der Waals surface area (Å²) in [6, 6.07) is 7.20. The van der Waals surface area contributed by atoms with E-state index in [1.54, 1.807) is 0 Å². The molecule has 0 bridgehead atoms. The normalized spacial score (nSPS) is 14.6. The SMILES string of the molecule is CC(=O)Oc1cccc2c1C(=O)c1c(OC(C)=O)cc(C3N=NN=N3)cc1C2=O. The van der Waals surface area contributed by atoms with Gasteiger partial charge in [0.15, 0.2) is 5.78 Å². The summed E-state index contributed by atoms with van der Waals surface area (Å²) in [5.41, 5.74) is 0.302. The molecule has 1 heterocycles. The molecule has 2 aromatic carbocycles. The smallest absolute Gasteiger partial charge is 0.308 e. The highest BCUT2D eigenvalue weighted by Gasteiger charge is 2.36. The Morgan fingerprint density at radius 3 is 2.10 bits per heavy atom. The lowest BCUT2D eigenvalue weighted by Crippen LogP contribution is -2.24. The summed E-state index contributed by atoms with van der Waals surface area (Å²) >= 11 is 0. The summed E-state index contributed by atoms with van der Waals surface area (Å²) in [5, 5.41) is 14.5. The zero-order chi connectivity index (χ0) is 20.7. The minimum Gasteiger partial charge on any atom is -0.426 e. The van der Waals surface area contributed by atoms with E-state index < -0.39 is 29.7 Å². The molecule has 0 saturated heterocycles. The molecule has 0 amide bonds. The van der Waals surface area contributed by atoms with Crippen LogP contribution in [-0.2, 0) is 9.59 Å². The number of benzene rings is 2. The van der Waals surface area contributed by atoms with E-state index in [1.807, 2.05) is 0 Å². The Bertz CT molecular complexity index is 1160.